The van der Waals surface area contributed by atoms with Gasteiger partial charge in [-0.25, -0.2) is 4.68 Å². The predicted molar refractivity (Wildman–Crippen MR) is 162 cm³/mol. The molecule has 194 valence electrons. The lowest BCUT2D eigenvalue weighted by molar-refractivity contribution is 0.102. The molecule has 0 aliphatic carbocycles. The van der Waals surface area contributed by atoms with E-state index in [1.165, 1.54) is 6.08 Å². The Morgan fingerprint density at radius 3 is 2.17 bits per heavy atom. The van der Waals surface area contributed by atoms with Crippen molar-refractivity contribution in [1.29, 1.82) is 0 Å². The van der Waals surface area contributed by atoms with Gasteiger partial charge in [0, 0.05) is 16.7 Å². The number of carbonyl (C=O) groups is 1. The number of halogens is 2. The van der Waals surface area contributed by atoms with Gasteiger partial charge in [0.25, 0.3) is 0 Å². The first-order valence-electron chi connectivity index (χ1n) is 12.6. The van der Waals surface area contributed by atoms with E-state index in [0.29, 0.717) is 21.4 Å². The molecule has 0 spiro atoms. The van der Waals surface area contributed by atoms with E-state index in [1.807, 2.05) is 65.3 Å². The van der Waals surface area contributed by atoms with Gasteiger partial charge in [0.15, 0.2) is 5.76 Å². The van der Waals surface area contributed by atoms with Crippen LogP contribution in [0.25, 0.3) is 45.6 Å². The molecule has 0 atom stereocenters. The molecule has 6 aromatic rings. The van der Waals surface area contributed by atoms with Crippen LogP contribution in [0.5, 0.6) is 0 Å². The van der Waals surface area contributed by atoms with Crippen LogP contribution in [0.15, 0.2) is 132 Å². The average molecular weight is 561 g/mol. The van der Waals surface area contributed by atoms with Gasteiger partial charge in [0.2, 0.25) is 5.78 Å². The fourth-order valence-corrected chi connectivity index (χ4v) is 4.83. The lowest BCUT2D eigenvalue weighted by Crippen LogP contribution is -1.99. The Labute approximate surface area is 241 Å². The summed E-state index contributed by atoms with van der Waals surface area (Å²) in [5, 5.41) is 5.73. The summed E-state index contributed by atoms with van der Waals surface area (Å²) in [5.74, 6) is 0.452. The van der Waals surface area contributed by atoms with Crippen LogP contribution in [0.3, 0.4) is 0 Å². The third-order valence-electron chi connectivity index (χ3n) is 6.48. The maximum atomic E-state index is 12.8. The number of hydrogen-bond acceptors (Lipinski definition) is 3. The highest BCUT2D eigenvalue weighted by Gasteiger charge is 2.15. The zero-order valence-electron chi connectivity index (χ0n) is 21.2. The molecule has 0 unspecified atom stereocenters. The van der Waals surface area contributed by atoms with Crippen LogP contribution in [0.1, 0.15) is 16.1 Å². The van der Waals surface area contributed by atoms with Gasteiger partial charge in [-0.15, -0.1) is 0 Å². The fraction of sp³-hybridized carbons (Fsp3) is 0. The minimum Gasteiger partial charge on any atom is -0.453 e. The molecule has 2 aromatic heterocycles. The van der Waals surface area contributed by atoms with E-state index in [1.54, 1.807) is 36.4 Å². The Morgan fingerprint density at radius 1 is 0.750 bits per heavy atom. The second kappa shape index (κ2) is 11.2. The predicted octanol–water partition coefficient (Wildman–Crippen LogP) is 9.67. The monoisotopic (exact) mass is 560 g/mol. The third kappa shape index (κ3) is 5.28. The smallest absolute Gasteiger partial charge is 0.221 e. The van der Waals surface area contributed by atoms with Crippen LogP contribution in [0.4, 0.5) is 0 Å². The molecule has 0 amide bonds. The molecule has 0 fully saturated rings. The van der Waals surface area contributed by atoms with Gasteiger partial charge in [-0.3, -0.25) is 4.79 Å². The van der Waals surface area contributed by atoms with Crippen LogP contribution in [0, 0.1) is 0 Å². The Hall–Kier alpha value is -4.64. The summed E-state index contributed by atoms with van der Waals surface area (Å²) in [5.41, 5.74) is 6.44. The van der Waals surface area contributed by atoms with Crippen molar-refractivity contribution in [1.82, 2.24) is 9.78 Å². The molecule has 2 heterocycles. The van der Waals surface area contributed by atoms with Crippen molar-refractivity contribution in [3.05, 3.63) is 149 Å². The van der Waals surface area contributed by atoms with Gasteiger partial charge in [-0.05, 0) is 54.1 Å². The van der Waals surface area contributed by atoms with E-state index in [4.69, 9.17) is 32.7 Å². The number of ketones is 1. The minimum atomic E-state index is -0.251. The molecule has 0 radical (unpaired) electrons. The fourth-order valence-electron chi connectivity index (χ4n) is 4.43. The number of carbonyl (C=O) groups excluding carboxylic acids is 1. The van der Waals surface area contributed by atoms with Gasteiger partial charge in [0.05, 0.1) is 27.1 Å². The lowest BCUT2D eigenvalue weighted by atomic mass is 10.1. The first-order chi connectivity index (χ1) is 19.6. The SMILES string of the molecule is O=C(/C=C/c1ccc(-n2nc(-c3ccccc3)cc2-c2ccccc2)cc1)c1ccc(-c2cccc(Cl)c2Cl)o1. The van der Waals surface area contributed by atoms with Crippen molar-refractivity contribution in [3.8, 4) is 39.5 Å². The standard InChI is InChI=1S/C34H22Cl2N2O2/c35-28-13-7-12-27(34(28)36)32-20-21-33(40-32)31(39)19-16-23-14-17-26(18-15-23)38-30(25-10-5-2-6-11-25)22-29(37-38)24-8-3-1-4-9-24/h1-22H/b19-16+. The van der Waals surface area contributed by atoms with Crippen molar-refractivity contribution in [2.75, 3.05) is 0 Å². The minimum absolute atomic E-state index is 0.219. The van der Waals surface area contributed by atoms with Crippen LogP contribution in [0.2, 0.25) is 10.0 Å². The molecule has 0 saturated carbocycles. The van der Waals surface area contributed by atoms with Crippen molar-refractivity contribution < 1.29 is 9.21 Å². The van der Waals surface area contributed by atoms with Gasteiger partial charge >= 0.3 is 0 Å². The third-order valence-corrected chi connectivity index (χ3v) is 7.30. The second-order valence-electron chi connectivity index (χ2n) is 9.11. The summed E-state index contributed by atoms with van der Waals surface area (Å²) >= 11 is 12.4. The molecule has 0 aliphatic heterocycles. The van der Waals surface area contributed by atoms with Gasteiger partial charge < -0.3 is 4.42 Å². The summed E-state index contributed by atoms with van der Waals surface area (Å²) in [6.45, 7) is 0. The van der Waals surface area contributed by atoms with Crippen molar-refractivity contribution in [2.24, 2.45) is 0 Å². The molecule has 0 saturated heterocycles. The normalized spacial score (nSPS) is 11.2. The van der Waals surface area contributed by atoms with Gasteiger partial charge in [-0.2, -0.15) is 5.10 Å². The van der Waals surface area contributed by atoms with E-state index in [2.05, 4.69) is 30.3 Å². The van der Waals surface area contributed by atoms with E-state index < -0.39 is 0 Å². The van der Waals surface area contributed by atoms with Crippen molar-refractivity contribution in [3.63, 3.8) is 0 Å². The zero-order chi connectivity index (χ0) is 27.5. The van der Waals surface area contributed by atoms with Gasteiger partial charge in [-0.1, -0.05) is 108 Å². The molecule has 0 aliphatic rings. The summed E-state index contributed by atoms with van der Waals surface area (Å²) in [4.78, 5) is 12.8. The highest BCUT2D eigenvalue weighted by atomic mass is 35.5. The number of aromatic nitrogens is 2. The molecule has 6 rings (SSSR count). The Balaban J connectivity index is 1.24. The molecule has 40 heavy (non-hydrogen) atoms. The van der Waals surface area contributed by atoms with Crippen LogP contribution < -0.4 is 0 Å². The number of nitrogens with zero attached hydrogens (tertiary/aromatic N) is 2. The van der Waals surface area contributed by atoms with Crippen molar-refractivity contribution in [2.45, 2.75) is 0 Å². The zero-order valence-corrected chi connectivity index (χ0v) is 22.7. The lowest BCUT2D eigenvalue weighted by Gasteiger charge is -2.08. The highest BCUT2D eigenvalue weighted by Crippen LogP contribution is 2.34. The van der Waals surface area contributed by atoms with Crippen molar-refractivity contribution >= 4 is 35.1 Å². The van der Waals surface area contributed by atoms with Crippen LogP contribution >= 0.6 is 23.2 Å². The maximum absolute atomic E-state index is 12.8. The summed E-state index contributed by atoms with van der Waals surface area (Å²) in [6.07, 6.45) is 3.26. The number of hydrogen-bond donors (Lipinski definition) is 0. The Bertz CT molecular complexity index is 1820. The van der Waals surface area contributed by atoms with E-state index in [0.717, 1.165) is 33.8 Å². The van der Waals surface area contributed by atoms with E-state index >= 15 is 0 Å². The second-order valence-corrected chi connectivity index (χ2v) is 9.90. The summed E-state index contributed by atoms with van der Waals surface area (Å²) in [7, 11) is 0. The number of benzene rings is 4. The first-order valence-corrected chi connectivity index (χ1v) is 13.4. The number of allylic oxidation sites excluding steroid dienone is 1. The van der Waals surface area contributed by atoms with E-state index in [9.17, 15) is 4.79 Å². The molecular formula is C34H22Cl2N2O2. The molecular weight excluding hydrogens is 539 g/mol. The number of rotatable bonds is 7. The van der Waals surface area contributed by atoms with Crippen LogP contribution in [-0.2, 0) is 0 Å². The molecule has 4 aromatic carbocycles. The summed E-state index contributed by atoms with van der Waals surface area (Å²) in [6, 6.07) is 38.9. The molecule has 0 N–H and O–H groups in total. The Kier molecular flexibility index (Phi) is 7.19. The van der Waals surface area contributed by atoms with Gasteiger partial charge in [0.1, 0.15) is 5.76 Å². The average Bonchev–Trinajstić information content (AvgIpc) is 3.67. The summed E-state index contributed by atoms with van der Waals surface area (Å²) < 4.78 is 7.72. The number of furan rings is 1. The quantitative estimate of drug-likeness (QED) is 0.144. The largest absolute Gasteiger partial charge is 0.453 e. The van der Waals surface area contributed by atoms with Crippen LogP contribution in [-0.4, -0.2) is 15.6 Å². The topological polar surface area (TPSA) is 48.0 Å². The maximum Gasteiger partial charge on any atom is 0.221 e. The highest BCUT2D eigenvalue weighted by molar-refractivity contribution is 6.43. The molecule has 4 nitrogen and oxygen atoms in total. The molecule has 0 bridgehead atoms. The first kappa shape index (κ1) is 25.6. The van der Waals surface area contributed by atoms with E-state index in [-0.39, 0.29) is 11.5 Å². The Morgan fingerprint density at radius 2 is 1.45 bits per heavy atom. The molecule has 6 heteroatoms.